The number of carbonyl (C=O) groups excluding carboxylic acids is 1. The molecular weight excluding hydrogens is 512 g/mol. The number of carbonyl (C=O) groups is 1. The molecule has 1 amide bonds. The first-order valence-corrected chi connectivity index (χ1v) is 13.0. The number of methoxy groups -OCH3 is 1. The van der Waals surface area contributed by atoms with Gasteiger partial charge in [-0.15, -0.1) is 10.2 Å². The largest absolute Gasteiger partial charge is 0.495 e. The molecule has 0 unspecified atom stereocenters. The molecule has 3 aromatic carbocycles. The lowest BCUT2D eigenvalue weighted by Gasteiger charge is -2.09. The van der Waals surface area contributed by atoms with Gasteiger partial charge in [0.1, 0.15) is 5.75 Å². The predicted octanol–water partition coefficient (Wildman–Crippen LogP) is 4.93. The number of nitrogens with one attached hydrogen (secondary N) is 2. The molecule has 0 saturated heterocycles. The highest BCUT2D eigenvalue weighted by Gasteiger charge is 2.15. The molecule has 9 nitrogen and oxygen atoms in total. The van der Waals surface area contributed by atoms with E-state index >= 15 is 0 Å². The number of thioether (sulfide) groups is 1. The second-order valence-electron chi connectivity index (χ2n) is 7.05. The van der Waals surface area contributed by atoms with Crippen LogP contribution >= 0.6 is 23.4 Å². The van der Waals surface area contributed by atoms with E-state index in [0.29, 0.717) is 27.7 Å². The van der Waals surface area contributed by atoms with Gasteiger partial charge in [-0.25, -0.2) is 8.42 Å². The Morgan fingerprint density at radius 2 is 1.80 bits per heavy atom. The van der Waals surface area contributed by atoms with Crippen LogP contribution < -0.4 is 14.8 Å². The zero-order valence-electron chi connectivity index (χ0n) is 18.3. The van der Waals surface area contributed by atoms with Crippen molar-refractivity contribution in [1.29, 1.82) is 0 Å². The fraction of sp³-hybridized carbons (Fsp3) is 0.0870. The van der Waals surface area contributed by atoms with Crippen LogP contribution in [-0.4, -0.2) is 37.4 Å². The van der Waals surface area contributed by atoms with Crippen LogP contribution in [0.3, 0.4) is 0 Å². The fourth-order valence-corrected chi connectivity index (χ4v) is 4.79. The summed E-state index contributed by atoms with van der Waals surface area (Å²) in [6, 6.07) is 19.5. The molecule has 0 saturated carbocycles. The average Bonchev–Trinajstić information content (AvgIpc) is 3.33. The van der Waals surface area contributed by atoms with Gasteiger partial charge in [-0.05, 0) is 54.6 Å². The lowest BCUT2D eigenvalue weighted by atomic mass is 10.2. The molecule has 35 heavy (non-hydrogen) atoms. The number of halogens is 1. The summed E-state index contributed by atoms with van der Waals surface area (Å²) in [4.78, 5) is 12.5. The zero-order chi connectivity index (χ0) is 24.8. The standard InChI is InChI=1S/C23H19ClN4O5S2/c1-32-20-12-9-16(24)13-19(20)25-21(29)14-34-23-27-26-22(33-23)15-7-10-17(11-8-15)28-35(30,31)18-5-3-2-4-6-18/h2-13,28H,14H2,1H3,(H,25,29). The lowest BCUT2D eigenvalue weighted by molar-refractivity contribution is -0.113. The van der Waals surface area contributed by atoms with Gasteiger partial charge in [-0.1, -0.05) is 41.6 Å². The highest BCUT2D eigenvalue weighted by molar-refractivity contribution is 7.99. The molecule has 4 rings (SSSR count). The molecule has 0 radical (unpaired) electrons. The maximum absolute atomic E-state index is 12.5. The van der Waals surface area contributed by atoms with Gasteiger partial charge in [-0.2, -0.15) is 0 Å². The first-order chi connectivity index (χ1) is 16.8. The van der Waals surface area contributed by atoms with E-state index < -0.39 is 10.0 Å². The molecule has 0 fully saturated rings. The van der Waals surface area contributed by atoms with Gasteiger partial charge in [-0.3, -0.25) is 9.52 Å². The van der Waals surface area contributed by atoms with Gasteiger partial charge in [0.25, 0.3) is 15.2 Å². The monoisotopic (exact) mass is 530 g/mol. The molecule has 0 aliphatic rings. The van der Waals surface area contributed by atoms with E-state index in [9.17, 15) is 13.2 Å². The number of ether oxygens (including phenoxy) is 1. The number of hydrogen-bond acceptors (Lipinski definition) is 8. The fourth-order valence-electron chi connectivity index (χ4n) is 2.97. The minimum atomic E-state index is -3.69. The molecule has 180 valence electrons. The Hall–Kier alpha value is -3.54. The SMILES string of the molecule is COc1ccc(Cl)cc1NC(=O)CSc1nnc(-c2ccc(NS(=O)(=O)c3ccccc3)cc2)o1. The Bertz CT molecular complexity index is 1430. The summed E-state index contributed by atoms with van der Waals surface area (Å²) in [6.45, 7) is 0. The minimum Gasteiger partial charge on any atom is -0.495 e. The highest BCUT2D eigenvalue weighted by atomic mass is 35.5. The molecule has 0 bridgehead atoms. The van der Waals surface area contributed by atoms with Gasteiger partial charge < -0.3 is 14.5 Å². The second kappa shape index (κ2) is 10.8. The first kappa shape index (κ1) is 24.6. The summed E-state index contributed by atoms with van der Waals surface area (Å²) in [5.41, 5.74) is 1.44. The predicted molar refractivity (Wildman–Crippen MR) is 134 cm³/mol. The maximum Gasteiger partial charge on any atom is 0.277 e. The summed E-state index contributed by atoms with van der Waals surface area (Å²) in [5, 5.41) is 11.4. The van der Waals surface area contributed by atoms with E-state index in [-0.39, 0.29) is 27.7 Å². The van der Waals surface area contributed by atoms with Crippen molar-refractivity contribution < 1.29 is 22.4 Å². The van der Waals surface area contributed by atoms with Crippen molar-refractivity contribution in [1.82, 2.24) is 10.2 Å². The van der Waals surface area contributed by atoms with Crippen molar-refractivity contribution >= 4 is 50.7 Å². The third-order valence-electron chi connectivity index (χ3n) is 4.61. The molecule has 0 spiro atoms. The first-order valence-electron chi connectivity index (χ1n) is 10.1. The number of benzene rings is 3. The van der Waals surface area contributed by atoms with Crippen LogP contribution in [0.4, 0.5) is 11.4 Å². The van der Waals surface area contributed by atoms with Crippen molar-refractivity contribution in [2.75, 3.05) is 22.9 Å². The van der Waals surface area contributed by atoms with E-state index in [1.165, 1.54) is 19.2 Å². The Balaban J connectivity index is 1.35. The number of amides is 1. The molecular formula is C23H19ClN4O5S2. The number of nitrogens with zero attached hydrogens (tertiary/aromatic N) is 2. The van der Waals surface area contributed by atoms with Crippen molar-refractivity contribution in [2.24, 2.45) is 0 Å². The smallest absolute Gasteiger partial charge is 0.277 e. The van der Waals surface area contributed by atoms with Crippen molar-refractivity contribution in [3.05, 3.63) is 77.8 Å². The number of sulfonamides is 1. The summed E-state index contributed by atoms with van der Waals surface area (Å²) in [6.07, 6.45) is 0. The summed E-state index contributed by atoms with van der Waals surface area (Å²) in [5.74, 6) is 0.451. The minimum absolute atomic E-state index is 0.0253. The molecule has 4 aromatic rings. The average molecular weight is 531 g/mol. The second-order valence-corrected chi connectivity index (χ2v) is 10.1. The Morgan fingerprint density at radius 3 is 2.51 bits per heavy atom. The van der Waals surface area contributed by atoms with E-state index in [0.717, 1.165) is 11.8 Å². The van der Waals surface area contributed by atoms with Crippen molar-refractivity contribution in [2.45, 2.75) is 10.1 Å². The summed E-state index contributed by atoms with van der Waals surface area (Å²) < 4.78 is 38.3. The molecule has 0 aliphatic carbocycles. The Kier molecular flexibility index (Phi) is 7.59. The van der Waals surface area contributed by atoms with Gasteiger partial charge in [0.05, 0.1) is 23.4 Å². The van der Waals surface area contributed by atoms with E-state index in [4.69, 9.17) is 20.8 Å². The quantitative estimate of drug-likeness (QED) is 0.292. The van der Waals surface area contributed by atoms with Crippen LogP contribution in [0, 0.1) is 0 Å². The van der Waals surface area contributed by atoms with E-state index in [1.54, 1.807) is 60.7 Å². The molecule has 0 aliphatic heterocycles. The van der Waals surface area contributed by atoms with Gasteiger partial charge in [0.15, 0.2) is 0 Å². The van der Waals surface area contributed by atoms with E-state index in [1.807, 2.05) is 0 Å². The number of rotatable bonds is 9. The van der Waals surface area contributed by atoms with Crippen molar-refractivity contribution in [3.63, 3.8) is 0 Å². The van der Waals surface area contributed by atoms with Gasteiger partial charge in [0.2, 0.25) is 11.8 Å². The van der Waals surface area contributed by atoms with Crippen LogP contribution in [0.1, 0.15) is 0 Å². The van der Waals surface area contributed by atoms with E-state index in [2.05, 4.69) is 20.2 Å². The normalized spacial score (nSPS) is 11.1. The molecule has 1 aromatic heterocycles. The molecule has 0 atom stereocenters. The maximum atomic E-state index is 12.5. The summed E-state index contributed by atoms with van der Waals surface area (Å²) in [7, 11) is -2.19. The topological polar surface area (TPSA) is 123 Å². The van der Waals surface area contributed by atoms with Crippen molar-refractivity contribution in [3.8, 4) is 17.2 Å². The van der Waals surface area contributed by atoms with Gasteiger partial charge >= 0.3 is 0 Å². The number of hydrogen-bond donors (Lipinski definition) is 2. The van der Waals surface area contributed by atoms with Gasteiger partial charge in [0, 0.05) is 16.3 Å². The molecule has 12 heteroatoms. The number of anilines is 2. The van der Waals surface area contributed by atoms with Crippen LogP contribution in [0.15, 0.2) is 87.3 Å². The van der Waals surface area contributed by atoms with Crippen LogP contribution in [0.2, 0.25) is 5.02 Å². The lowest BCUT2D eigenvalue weighted by Crippen LogP contribution is -2.14. The third kappa shape index (κ3) is 6.32. The van der Waals surface area contributed by atoms with Crippen LogP contribution in [0.25, 0.3) is 11.5 Å². The Morgan fingerprint density at radius 1 is 1.06 bits per heavy atom. The third-order valence-corrected chi connectivity index (χ3v) is 7.06. The molecule has 1 heterocycles. The summed E-state index contributed by atoms with van der Waals surface area (Å²) >= 11 is 7.05. The Labute approximate surface area is 210 Å². The highest BCUT2D eigenvalue weighted by Crippen LogP contribution is 2.29. The van der Waals surface area contributed by atoms with Crippen LogP contribution in [0.5, 0.6) is 5.75 Å². The number of aromatic nitrogens is 2. The zero-order valence-corrected chi connectivity index (χ0v) is 20.7. The molecule has 2 N–H and O–H groups in total. The van der Waals surface area contributed by atoms with Crippen LogP contribution in [-0.2, 0) is 14.8 Å².